The van der Waals surface area contributed by atoms with Crippen LogP contribution in [0.25, 0.3) is 10.8 Å². The lowest BCUT2D eigenvalue weighted by Crippen LogP contribution is -2.50. The van der Waals surface area contributed by atoms with Crippen molar-refractivity contribution < 1.29 is 23.8 Å². The Morgan fingerprint density at radius 1 is 0.811 bits per heavy atom. The summed E-state index contributed by atoms with van der Waals surface area (Å²) in [5.41, 5.74) is 1.97. The number of hydroxylamine groups is 2. The predicted molar refractivity (Wildman–Crippen MR) is 145 cm³/mol. The van der Waals surface area contributed by atoms with Crippen LogP contribution in [0.4, 0.5) is 4.79 Å². The maximum atomic E-state index is 12.3. The van der Waals surface area contributed by atoms with E-state index < -0.39 is 6.16 Å². The van der Waals surface area contributed by atoms with Crippen molar-refractivity contribution >= 4 is 32.9 Å². The number of hydrogen-bond donors (Lipinski definition) is 0. The van der Waals surface area contributed by atoms with Gasteiger partial charge in [-0.05, 0) is 52.2 Å². The van der Waals surface area contributed by atoms with Gasteiger partial charge in [0.05, 0.1) is 13.2 Å². The Labute approximate surface area is 224 Å². The quantitative estimate of drug-likeness (QED) is 0.218. The van der Waals surface area contributed by atoms with E-state index in [1.165, 1.54) is 10.8 Å². The predicted octanol–water partition coefficient (Wildman–Crippen LogP) is 6.91. The molecule has 0 amide bonds. The number of ether oxygens (including phenoxy) is 3. The second kappa shape index (κ2) is 12.2. The highest BCUT2D eigenvalue weighted by Crippen LogP contribution is 2.25. The molecule has 1 aliphatic rings. The number of piperidine rings is 1. The molecule has 1 aliphatic heterocycles. The van der Waals surface area contributed by atoms with Gasteiger partial charge in [-0.2, -0.15) is 0 Å². The summed E-state index contributed by atoms with van der Waals surface area (Å²) in [6.07, 6.45) is -0.609. The van der Waals surface area contributed by atoms with Crippen molar-refractivity contribution in [1.82, 2.24) is 5.06 Å². The molecule has 7 heteroatoms. The molecule has 0 spiro atoms. The van der Waals surface area contributed by atoms with Crippen LogP contribution in [0.5, 0.6) is 5.75 Å². The summed E-state index contributed by atoms with van der Waals surface area (Å²) < 4.78 is 18.9. The number of carbonyl (C=O) groups excluding carboxylic acids is 1. The highest BCUT2D eigenvalue weighted by Gasteiger charge is 2.34. The number of fused-ring (bicyclic) bond motifs is 1. The zero-order valence-corrected chi connectivity index (χ0v) is 21.9. The van der Waals surface area contributed by atoms with Gasteiger partial charge in [0.15, 0.2) is 0 Å². The maximum Gasteiger partial charge on any atom is 0.528 e. The minimum atomic E-state index is -0.732. The fraction of sp³-hybridized carbons (Fsp3) is 0.233. The van der Waals surface area contributed by atoms with Gasteiger partial charge in [-0.1, -0.05) is 82.7 Å². The Hall–Kier alpha value is -3.39. The summed E-state index contributed by atoms with van der Waals surface area (Å²) in [6, 6.07) is 31.8. The highest BCUT2D eigenvalue weighted by atomic mass is 79.9. The normalized spacial score (nSPS) is 17.9. The highest BCUT2D eigenvalue weighted by molar-refractivity contribution is 9.10. The molecule has 1 saturated heterocycles. The smallest absolute Gasteiger partial charge is 0.488 e. The van der Waals surface area contributed by atoms with Gasteiger partial charge in [-0.15, -0.1) is 5.06 Å². The molecule has 0 saturated carbocycles. The second-order valence-corrected chi connectivity index (χ2v) is 9.85. The van der Waals surface area contributed by atoms with Gasteiger partial charge in [-0.25, -0.2) is 4.79 Å². The number of halogens is 1. The van der Waals surface area contributed by atoms with Gasteiger partial charge < -0.3 is 19.0 Å². The lowest BCUT2D eigenvalue weighted by molar-refractivity contribution is -0.187. The van der Waals surface area contributed by atoms with E-state index in [1.54, 1.807) is 5.06 Å². The summed E-state index contributed by atoms with van der Waals surface area (Å²) in [4.78, 5) is 17.8. The number of nitrogens with zero attached hydrogens (tertiary/aromatic N) is 1. The first-order valence-corrected chi connectivity index (χ1v) is 13.1. The number of carbonyl (C=O) groups is 1. The van der Waals surface area contributed by atoms with Gasteiger partial charge in [0.1, 0.15) is 24.6 Å². The molecule has 2 atom stereocenters. The number of benzene rings is 4. The summed E-state index contributed by atoms with van der Waals surface area (Å²) in [5.74, 6) is 0.768. The number of hydrogen-bond acceptors (Lipinski definition) is 6. The minimum Gasteiger partial charge on any atom is -0.488 e. The third-order valence-electron chi connectivity index (χ3n) is 6.24. The molecule has 2 unspecified atom stereocenters. The van der Waals surface area contributed by atoms with Crippen LogP contribution in [0, 0.1) is 0 Å². The maximum absolute atomic E-state index is 12.3. The Balaban J connectivity index is 1.23. The van der Waals surface area contributed by atoms with Gasteiger partial charge >= 0.3 is 6.16 Å². The van der Waals surface area contributed by atoms with E-state index in [0.717, 1.165) is 21.3 Å². The molecular weight excluding hydrogens is 534 g/mol. The first kappa shape index (κ1) is 25.3. The van der Waals surface area contributed by atoms with E-state index in [-0.39, 0.29) is 18.8 Å². The van der Waals surface area contributed by atoms with E-state index >= 15 is 0 Å². The van der Waals surface area contributed by atoms with Crippen molar-refractivity contribution in [3.63, 3.8) is 0 Å². The molecule has 4 aromatic rings. The van der Waals surface area contributed by atoms with Crippen molar-refractivity contribution in [3.05, 3.63) is 113 Å². The van der Waals surface area contributed by atoms with Crippen LogP contribution >= 0.6 is 15.9 Å². The molecule has 1 heterocycles. The average molecular weight is 562 g/mol. The summed E-state index contributed by atoms with van der Waals surface area (Å²) in [7, 11) is 0. The fourth-order valence-corrected chi connectivity index (χ4v) is 4.58. The molecule has 0 radical (unpaired) electrons. The Morgan fingerprint density at radius 2 is 1.57 bits per heavy atom. The molecule has 190 valence electrons. The van der Waals surface area contributed by atoms with Crippen LogP contribution in [0.1, 0.15) is 17.5 Å². The van der Waals surface area contributed by atoms with Gasteiger partial charge in [0.2, 0.25) is 0 Å². The van der Waals surface area contributed by atoms with Crippen LogP contribution in [0.15, 0.2) is 102 Å². The largest absolute Gasteiger partial charge is 0.528 e. The van der Waals surface area contributed by atoms with Crippen LogP contribution in [-0.2, 0) is 27.5 Å². The standard InChI is InChI=1S/C30H28BrNO5/c31-26-12-14-27(15-13-26)36-28-16-17-32(37-30(33)35-20-22-6-2-1-3-7-22)19-29(28)34-21-23-10-11-24-8-4-5-9-25(24)18-23/h1-15,18,28-29H,16-17,19-21H2. The van der Waals surface area contributed by atoms with E-state index in [0.29, 0.717) is 26.1 Å². The van der Waals surface area contributed by atoms with Crippen molar-refractivity contribution in [2.45, 2.75) is 31.8 Å². The van der Waals surface area contributed by atoms with E-state index in [4.69, 9.17) is 19.0 Å². The molecule has 0 bridgehead atoms. The Morgan fingerprint density at radius 3 is 2.38 bits per heavy atom. The molecule has 0 aliphatic carbocycles. The summed E-state index contributed by atoms with van der Waals surface area (Å²) in [6.45, 7) is 1.46. The minimum absolute atomic E-state index is 0.157. The third-order valence-corrected chi connectivity index (χ3v) is 6.77. The zero-order chi connectivity index (χ0) is 25.5. The first-order chi connectivity index (χ1) is 18.1. The SMILES string of the molecule is O=C(OCc1ccccc1)ON1CCC(Oc2ccc(Br)cc2)C(OCc2ccc3ccccc3c2)C1. The molecule has 4 aromatic carbocycles. The Kier molecular flexibility index (Phi) is 8.35. The van der Waals surface area contributed by atoms with Crippen molar-refractivity contribution in [2.75, 3.05) is 13.1 Å². The molecule has 5 rings (SSSR count). The van der Waals surface area contributed by atoms with Gasteiger partial charge in [0, 0.05) is 17.4 Å². The average Bonchev–Trinajstić information content (AvgIpc) is 2.93. The summed E-state index contributed by atoms with van der Waals surface area (Å²) >= 11 is 3.46. The fourth-order valence-electron chi connectivity index (χ4n) is 4.31. The summed E-state index contributed by atoms with van der Waals surface area (Å²) in [5, 5.41) is 3.95. The molecule has 0 aromatic heterocycles. The monoisotopic (exact) mass is 561 g/mol. The third kappa shape index (κ3) is 7.10. The van der Waals surface area contributed by atoms with Gasteiger partial charge in [0.25, 0.3) is 0 Å². The van der Waals surface area contributed by atoms with E-state index in [2.05, 4.69) is 46.3 Å². The number of rotatable bonds is 8. The van der Waals surface area contributed by atoms with Crippen LogP contribution in [0.3, 0.4) is 0 Å². The topological polar surface area (TPSA) is 57.2 Å². The first-order valence-electron chi connectivity index (χ1n) is 12.3. The molecule has 6 nitrogen and oxygen atoms in total. The van der Waals surface area contributed by atoms with Crippen molar-refractivity contribution in [1.29, 1.82) is 0 Å². The second-order valence-electron chi connectivity index (χ2n) is 8.93. The zero-order valence-electron chi connectivity index (χ0n) is 20.3. The Bertz CT molecular complexity index is 1310. The molecular formula is C30H28BrNO5. The van der Waals surface area contributed by atoms with Crippen molar-refractivity contribution in [2.24, 2.45) is 0 Å². The molecule has 0 N–H and O–H groups in total. The van der Waals surface area contributed by atoms with Crippen molar-refractivity contribution in [3.8, 4) is 5.75 Å². The molecule has 37 heavy (non-hydrogen) atoms. The van der Waals surface area contributed by atoms with Crippen LogP contribution in [-0.4, -0.2) is 36.5 Å². The van der Waals surface area contributed by atoms with E-state index in [1.807, 2.05) is 66.7 Å². The molecule has 1 fully saturated rings. The van der Waals surface area contributed by atoms with E-state index in [9.17, 15) is 4.79 Å². The lowest BCUT2D eigenvalue weighted by atomic mass is 10.1. The lowest BCUT2D eigenvalue weighted by Gasteiger charge is -2.36. The van der Waals surface area contributed by atoms with Gasteiger partial charge in [-0.3, -0.25) is 0 Å². The van der Waals surface area contributed by atoms with Crippen LogP contribution in [0.2, 0.25) is 0 Å². The van der Waals surface area contributed by atoms with Crippen LogP contribution < -0.4 is 4.74 Å².